The third kappa shape index (κ3) is 3.55. The number of piperidine rings is 1. The molecule has 1 N–H and O–H groups in total. The zero-order valence-electron chi connectivity index (χ0n) is 12.8. The Morgan fingerprint density at radius 3 is 2.41 bits per heavy atom. The lowest BCUT2D eigenvalue weighted by atomic mass is 10.0. The van der Waals surface area contributed by atoms with Gasteiger partial charge in [0.25, 0.3) is 5.91 Å². The van der Waals surface area contributed by atoms with Gasteiger partial charge in [-0.25, -0.2) is 4.79 Å². The molecule has 1 fully saturated rings. The van der Waals surface area contributed by atoms with Crippen LogP contribution < -0.4 is 0 Å². The molecule has 2 unspecified atom stereocenters. The second-order valence-electron chi connectivity index (χ2n) is 5.72. The highest BCUT2D eigenvalue weighted by Crippen LogP contribution is 2.21. The van der Waals surface area contributed by atoms with Gasteiger partial charge in [-0.1, -0.05) is 13.8 Å². The number of hydrogen-bond acceptors (Lipinski definition) is 3. The second kappa shape index (κ2) is 7.05. The topological polar surface area (TPSA) is 74.7 Å². The zero-order chi connectivity index (χ0) is 16.3. The molecular weight excluding hydrogens is 302 g/mol. The van der Waals surface area contributed by atoms with Crippen molar-refractivity contribution in [3.05, 3.63) is 29.8 Å². The van der Waals surface area contributed by atoms with Crippen LogP contribution in [0.3, 0.4) is 0 Å². The van der Waals surface area contributed by atoms with E-state index < -0.39 is 22.8 Å². The van der Waals surface area contributed by atoms with Crippen LogP contribution in [0.5, 0.6) is 0 Å². The Balaban J connectivity index is 2.18. The van der Waals surface area contributed by atoms with E-state index in [0.29, 0.717) is 23.4 Å². The molecule has 1 aliphatic rings. The number of amides is 1. The summed E-state index contributed by atoms with van der Waals surface area (Å²) < 4.78 is 12.0. The van der Waals surface area contributed by atoms with E-state index in [9.17, 15) is 18.9 Å². The van der Waals surface area contributed by atoms with Crippen molar-refractivity contribution >= 4 is 22.7 Å². The van der Waals surface area contributed by atoms with E-state index in [1.54, 1.807) is 24.3 Å². The molecule has 0 saturated carbocycles. The van der Waals surface area contributed by atoms with E-state index in [0.717, 1.165) is 12.8 Å². The minimum Gasteiger partial charge on any atom is -0.480 e. The molecule has 1 aromatic carbocycles. The second-order valence-corrected chi connectivity index (χ2v) is 7.73. The van der Waals surface area contributed by atoms with Gasteiger partial charge in [-0.05, 0) is 43.5 Å². The molecule has 0 radical (unpaired) electrons. The number of likely N-dealkylation sites (tertiary alicyclic amines) is 1. The summed E-state index contributed by atoms with van der Waals surface area (Å²) in [6.07, 6.45) is 2.15. The predicted molar refractivity (Wildman–Crippen MR) is 84.3 cm³/mol. The van der Waals surface area contributed by atoms with Gasteiger partial charge in [-0.15, -0.1) is 0 Å². The number of benzene rings is 1. The summed E-state index contributed by atoms with van der Waals surface area (Å²) in [6.45, 7) is 4.22. The molecule has 1 aliphatic heterocycles. The van der Waals surface area contributed by atoms with E-state index in [1.165, 1.54) is 4.90 Å². The first-order valence-electron chi connectivity index (χ1n) is 7.46. The summed E-state index contributed by atoms with van der Waals surface area (Å²) in [7, 11) is -1.09. The van der Waals surface area contributed by atoms with E-state index in [4.69, 9.17) is 0 Å². The fourth-order valence-electron chi connectivity index (χ4n) is 2.60. The standard InChI is InChI=1S/C16H21NO4S/c1-11(2)22(21)13-8-6-12(7-9-13)15(18)17-10-4-3-5-14(17)16(19)20/h6-9,11,14H,3-5,10H2,1-2H3,(H,19,20). The number of carbonyl (C=O) groups excluding carboxylic acids is 1. The van der Waals surface area contributed by atoms with E-state index >= 15 is 0 Å². The largest absolute Gasteiger partial charge is 0.480 e. The first-order valence-corrected chi connectivity index (χ1v) is 8.67. The summed E-state index contributed by atoms with van der Waals surface area (Å²) in [5.74, 6) is -1.22. The third-order valence-electron chi connectivity index (χ3n) is 3.81. The van der Waals surface area contributed by atoms with Gasteiger partial charge in [0.15, 0.2) is 0 Å². The van der Waals surface area contributed by atoms with Gasteiger partial charge < -0.3 is 10.0 Å². The molecule has 1 heterocycles. The van der Waals surface area contributed by atoms with Crippen LogP contribution in [0.4, 0.5) is 0 Å². The molecule has 0 bridgehead atoms. The van der Waals surface area contributed by atoms with Gasteiger partial charge in [0.1, 0.15) is 6.04 Å². The molecule has 2 rings (SSSR count). The predicted octanol–water partition coefficient (Wildman–Crippen LogP) is 2.28. The van der Waals surface area contributed by atoms with Crippen LogP contribution in [0.1, 0.15) is 43.5 Å². The monoisotopic (exact) mass is 323 g/mol. The number of nitrogens with zero attached hydrogens (tertiary/aromatic N) is 1. The molecule has 120 valence electrons. The van der Waals surface area contributed by atoms with Crippen molar-refractivity contribution in [2.75, 3.05) is 6.54 Å². The minimum atomic E-state index is -1.09. The third-order valence-corrected chi connectivity index (χ3v) is 5.40. The molecule has 0 spiro atoms. The van der Waals surface area contributed by atoms with Crippen molar-refractivity contribution in [2.45, 2.75) is 49.3 Å². The molecule has 0 aromatic heterocycles. The highest BCUT2D eigenvalue weighted by Gasteiger charge is 2.32. The Bertz CT molecular complexity index is 582. The van der Waals surface area contributed by atoms with Crippen molar-refractivity contribution in [3.8, 4) is 0 Å². The first-order chi connectivity index (χ1) is 10.4. The Hall–Kier alpha value is -1.69. The van der Waals surface area contributed by atoms with Crippen LogP contribution >= 0.6 is 0 Å². The quantitative estimate of drug-likeness (QED) is 0.922. The maximum Gasteiger partial charge on any atom is 0.326 e. The van der Waals surface area contributed by atoms with Crippen molar-refractivity contribution in [1.29, 1.82) is 0 Å². The number of carbonyl (C=O) groups is 2. The molecule has 2 atom stereocenters. The normalized spacial score (nSPS) is 20.0. The lowest BCUT2D eigenvalue weighted by Gasteiger charge is -2.33. The average Bonchev–Trinajstić information content (AvgIpc) is 2.53. The summed E-state index contributed by atoms with van der Waals surface area (Å²) in [4.78, 5) is 25.9. The molecule has 6 heteroatoms. The van der Waals surface area contributed by atoms with Crippen LogP contribution in [-0.4, -0.2) is 43.9 Å². The molecule has 1 amide bonds. The molecule has 0 aliphatic carbocycles. The van der Waals surface area contributed by atoms with Gasteiger partial charge in [0.2, 0.25) is 0 Å². The van der Waals surface area contributed by atoms with Crippen molar-refractivity contribution in [3.63, 3.8) is 0 Å². The number of rotatable bonds is 4. The van der Waals surface area contributed by atoms with Gasteiger partial charge in [-0.3, -0.25) is 9.00 Å². The van der Waals surface area contributed by atoms with E-state index in [-0.39, 0.29) is 11.2 Å². The van der Waals surface area contributed by atoms with Gasteiger partial charge >= 0.3 is 5.97 Å². The Morgan fingerprint density at radius 1 is 1.23 bits per heavy atom. The van der Waals surface area contributed by atoms with Gasteiger partial charge in [-0.2, -0.15) is 0 Å². The smallest absolute Gasteiger partial charge is 0.326 e. The summed E-state index contributed by atoms with van der Waals surface area (Å²) >= 11 is 0. The Labute approximate surface area is 132 Å². The molecule has 1 saturated heterocycles. The lowest BCUT2D eigenvalue weighted by molar-refractivity contribution is -0.143. The summed E-state index contributed by atoms with van der Waals surface area (Å²) in [5, 5.41) is 9.26. The summed E-state index contributed by atoms with van der Waals surface area (Å²) in [6, 6.07) is 5.88. The highest BCUT2D eigenvalue weighted by molar-refractivity contribution is 7.85. The maximum absolute atomic E-state index is 12.5. The number of hydrogen-bond donors (Lipinski definition) is 1. The molecule has 22 heavy (non-hydrogen) atoms. The fourth-order valence-corrected chi connectivity index (χ4v) is 3.55. The van der Waals surface area contributed by atoms with Crippen LogP contribution in [0.2, 0.25) is 0 Å². The average molecular weight is 323 g/mol. The molecule has 1 aromatic rings. The molecule has 5 nitrogen and oxygen atoms in total. The molecular formula is C16H21NO4S. The minimum absolute atomic E-state index is 0.0139. The number of aliphatic carboxylic acids is 1. The van der Waals surface area contributed by atoms with Crippen molar-refractivity contribution in [2.24, 2.45) is 0 Å². The highest BCUT2D eigenvalue weighted by atomic mass is 32.2. The fraction of sp³-hybridized carbons (Fsp3) is 0.500. The SMILES string of the molecule is CC(C)S(=O)c1ccc(C(=O)N2CCCCC2C(=O)O)cc1. The zero-order valence-corrected chi connectivity index (χ0v) is 13.6. The van der Waals surface area contributed by atoms with Crippen LogP contribution in [0.25, 0.3) is 0 Å². The Kier molecular flexibility index (Phi) is 5.34. The van der Waals surface area contributed by atoms with Crippen LogP contribution in [0, 0.1) is 0 Å². The summed E-state index contributed by atoms with van der Waals surface area (Å²) in [5.41, 5.74) is 0.442. The van der Waals surface area contributed by atoms with E-state index in [1.807, 2.05) is 13.8 Å². The van der Waals surface area contributed by atoms with Gasteiger partial charge in [0, 0.05) is 22.3 Å². The number of carboxylic acid groups (broad SMARTS) is 1. The number of carboxylic acids is 1. The van der Waals surface area contributed by atoms with Gasteiger partial charge in [0.05, 0.1) is 10.8 Å². The van der Waals surface area contributed by atoms with Crippen LogP contribution in [-0.2, 0) is 15.6 Å². The lowest BCUT2D eigenvalue weighted by Crippen LogP contribution is -2.47. The Morgan fingerprint density at radius 2 is 1.86 bits per heavy atom. The van der Waals surface area contributed by atoms with Crippen molar-refractivity contribution in [1.82, 2.24) is 4.90 Å². The van der Waals surface area contributed by atoms with Crippen LogP contribution in [0.15, 0.2) is 29.2 Å². The van der Waals surface area contributed by atoms with Crippen molar-refractivity contribution < 1.29 is 18.9 Å². The maximum atomic E-state index is 12.5. The first kappa shape index (κ1) is 16.7. The van der Waals surface area contributed by atoms with E-state index in [2.05, 4.69) is 0 Å².